The van der Waals surface area contributed by atoms with Crippen molar-refractivity contribution in [2.24, 2.45) is 4.99 Å². The molecule has 1 heterocycles. The maximum absolute atomic E-state index is 12.8. The lowest BCUT2D eigenvalue weighted by Crippen LogP contribution is -2.25. The van der Waals surface area contributed by atoms with Gasteiger partial charge in [0.2, 0.25) is 0 Å². The van der Waals surface area contributed by atoms with Crippen molar-refractivity contribution in [2.45, 2.75) is 23.1 Å². The van der Waals surface area contributed by atoms with Gasteiger partial charge < -0.3 is 5.32 Å². The average Bonchev–Trinajstić information content (AvgIpc) is 3.01. The van der Waals surface area contributed by atoms with Crippen molar-refractivity contribution in [1.29, 1.82) is 0 Å². The summed E-state index contributed by atoms with van der Waals surface area (Å²) in [5, 5.41) is 3.04. The van der Waals surface area contributed by atoms with E-state index in [1.807, 2.05) is 42.5 Å². The second kappa shape index (κ2) is 9.47. The third-order valence-electron chi connectivity index (χ3n) is 5.68. The summed E-state index contributed by atoms with van der Waals surface area (Å²) in [7, 11) is 0. The Morgan fingerprint density at radius 2 is 1.61 bits per heavy atom. The molecule has 1 aliphatic heterocycles. The van der Waals surface area contributed by atoms with Crippen molar-refractivity contribution >= 4 is 29.1 Å². The van der Waals surface area contributed by atoms with E-state index in [4.69, 9.17) is 4.99 Å². The Morgan fingerprint density at radius 3 is 2.42 bits per heavy atom. The number of hydrogen-bond acceptors (Lipinski definition) is 3. The normalized spacial score (nSPS) is 12.2. The minimum atomic E-state index is -0.0763. The quantitative estimate of drug-likeness (QED) is 0.329. The lowest BCUT2D eigenvalue weighted by Gasteiger charge is -2.09. The Morgan fingerprint density at radius 1 is 0.848 bits per heavy atom. The van der Waals surface area contributed by atoms with E-state index in [0.29, 0.717) is 12.1 Å². The Kier molecular flexibility index (Phi) is 6.09. The Balaban J connectivity index is 1.45. The summed E-state index contributed by atoms with van der Waals surface area (Å²) in [4.78, 5) is 20.1. The van der Waals surface area contributed by atoms with Crippen molar-refractivity contribution in [1.82, 2.24) is 5.32 Å². The van der Waals surface area contributed by atoms with Crippen LogP contribution in [0.4, 0.5) is 5.69 Å². The maximum Gasteiger partial charge on any atom is 0.251 e. The summed E-state index contributed by atoms with van der Waals surface area (Å²) < 4.78 is 0. The van der Waals surface area contributed by atoms with Crippen LogP contribution in [-0.4, -0.2) is 18.2 Å². The standard InChI is InChI=1S/C29H24N2OS/c1-20-11-13-22(14-12-20)28-24-9-5-6-10-26(24)33-27-16-15-23(19-25(27)31-28)29(32)30-18-17-21-7-3-2-4-8-21/h2-16,19H,17-18H2,1H3,(H,30,32). The molecule has 0 saturated heterocycles. The Bertz CT molecular complexity index is 1330. The highest BCUT2D eigenvalue weighted by molar-refractivity contribution is 7.99. The molecule has 4 aromatic carbocycles. The number of aryl methyl sites for hydroxylation is 1. The van der Waals surface area contributed by atoms with E-state index in [9.17, 15) is 4.79 Å². The fraction of sp³-hybridized carbons (Fsp3) is 0.103. The van der Waals surface area contributed by atoms with E-state index in [1.165, 1.54) is 11.1 Å². The second-order valence-electron chi connectivity index (χ2n) is 8.10. The summed E-state index contributed by atoms with van der Waals surface area (Å²) in [6.45, 7) is 2.68. The zero-order chi connectivity index (χ0) is 22.6. The first-order valence-electron chi connectivity index (χ1n) is 11.1. The van der Waals surface area contributed by atoms with Crippen LogP contribution in [0.1, 0.15) is 32.6 Å². The Labute approximate surface area is 198 Å². The van der Waals surface area contributed by atoms with E-state index in [1.54, 1.807) is 11.8 Å². The van der Waals surface area contributed by atoms with Crippen LogP contribution >= 0.6 is 11.8 Å². The van der Waals surface area contributed by atoms with E-state index in [-0.39, 0.29) is 5.91 Å². The molecule has 1 aliphatic rings. The molecule has 33 heavy (non-hydrogen) atoms. The van der Waals surface area contributed by atoms with Gasteiger partial charge in [-0.25, -0.2) is 4.99 Å². The number of hydrogen-bond donors (Lipinski definition) is 1. The van der Waals surface area contributed by atoms with Gasteiger partial charge in [0, 0.05) is 33.0 Å². The molecule has 0 unspecified atom stereocenters. The molecule has 0 saturated carbocycles. The number of fused-ring (bicyclic) bond motifs is 2. The van der Waals surface area contributed by atoms with Crippen LogP contribution in [0.25, 0.3) is 0 Å². The number of nitrogens with one attached hydrogen (secondary N) is 1. The number of aliphatic imine (C=N–C) groups is 1. The van der Waals surface area contributed by atoms with Crippen molar-refractivity contribution in [3.05, 3.63) is 125 Å². The fourth-order valence-corrected chi connectivity index (χ4v) is 4.88. The van der Waals surface area contributed by atoms with Crippen molar-refractivity contribution < 1.29 is 4.79 Å². The Hall–Kier alpha value is -3.63. The van der Waals surface area contributed by atoms with Crippen LogP contribution in [0.2, 0.25) is 0 Å². The largest absolute Gasteiger partial charge is 0.352 e. The molecule has 1 N–H and O–H groups in total. The highest BCUT2D eigenvalue weighted by Gasteiger charge is 2.19. The molecule has 1 amide bonds. The topological polar surface area (TPSA) is 41.5 Å². The van der Waals surface area contributed by atoms with E-state index >= 15 is 0 Å². The number of amides is 1. The molecule has 0 bridgehead atoms. The van der Waals surface area contributed by atoms with E-state index < -0.39 is 0 Å². The van der Waals surface area contributed by atoms with Gasteiger partial charge >= 0.3 is 0 Å². The molecule has 0 fully saturated rings. The highest BCUT2D eigenvalue weighted by Crippen LogP contribution is 2.41. The number of nitrogens with zero attached hydrogens (tertiary/aromatic N) is 1. The van der Waals surface area contributed by atoms with Crippen LogP contribution in [-0.2, 0) is 6.42 Å². The lowest BCUT2D eigenvalue weighted by molar-refractivity contribution is 0.0954. The summed E-state index contributed by atoms with van der Waals surface area (Å²) in [5.74, 6) is -0.0763. The monoisotopic (exact) mass is 448 g/mol. The van der Waals surface area contributed by atoms with Crippen molar-refractivity contribution in [3.8, 4) is 0 Å². The highest BCUT2D eigenvalue weighted by atomic mass is 32.2. The van der Waals surface area contributed by atoms with Crippen LogP contribution in [0.3, 0.4) is 0 Å². The van der Waals surface area contributed by atoms with Crippen LogP contribution in [0.5, 0.6) is 0 Å². The third-order valence-corrected chi connectivity index (χ3v) is 6.82. The molecule has 0 aromatic heterocycles. The second-order valence-corrected chi connectivity index (χ2v) is 9.18. The number of carbonyl (C=O) groups excluding carboxylic acids is 1. The number of carbonyl (C=O) groups is 1. The van der Waals surface area contributed by atoms with Gasteiger partial charge in [0.1, 0.15) is 0 Å². The molecule has 5 rings (SSSR count). The van der Waals surface area contributed by atoms with Gasteiger partial charge in [-0.3, -0.25) is 4.79 Å². The lowest BCUT2D eigenvalue weighted by atomic mass is 10.0. The molecule has 4 aromatic rings. The van der Waals surface area contributed by atoms with Crippen molar-refractivity contribution in [2.75, 3.05) is 6.54 Å². The molecule has 162 valence electrons. The van der Waals surface area contributed by atoms with Gasteiger partial charge in [-0.15, -0.1) is 0 Å². The first-order valence-corrected chi connectivity index (χ1v) is 11.9. The molecule has 0 radical (unpaired) electrons. The third kappa shape index (κ3) is 4.76. The molecule has 0 spiro atoms. The zero-order valence-corrected chi connectivity index (χ0v) is 19.2. The number of benzene rings is 4. The molecule has 4 heteroatoms. The first-order chi connectivity index (χ1) is 16.2. The summed E-state index contributed by atoms with van der Waals surface area (Å²) >= 11 is 1.69. The minimum Gasteiger partial charge on any atom is -0.352 e. The molecule has 3 nitrogen and oxygen atoms in total. The van der Waals surface area contributed by atoms with Gasteiger partial charge in [0.15, 0.2) is 0 Å². The minimum absolute atomic E-state index is 0.0763. The van der Waals surface area contributed by atoms with Gasteiger partial charge in [-0.1, -0.05) is 90.1 Å². The van der Waals surface area contributed by atoms with Gasteiger partial charge in [0.25, 0.3) is 5.91 Å². The fourth-order valence-electron chi connectivity index (χ4n) is 3.88. The predicted octanol–water partition coefficient (Wildman–Crippen LogP) is 6.60. The molecule has 0 atom stereocenters. The van der Waals surface area contributed by atoms with Gasteiger partial charge in [0.05, 0.1) is 11.4 Å². The summed E-state index contributed by atoms with van der Waals surface area (Å²) in [6.07, 6.45) is 0.804. The molecular weight excluding hydrogens is 424 g/mol. The predicted molar refractivity (Wildman–Crippen MR) is 136 cm³/mol. The zero-order valence-electron chi connectivity index (χ0n) is 18.4. The number of rotatable bonds is 5. The summed E-state index contributed by atoms with van der Waals surface area (Å²) in [6, 6.07) is 32.8. The smallest absolute Gasteiger partial charge is 0.251 e. The van der Waals surface area contributed by atoms with E-state index in [2.05, 4.69) is 66.8 Å². The summed E-state index contributed by atoms with van der Waals surface area (Å²) in [5.41, 5.74) is 6.98. The van der Waals surface area contributed by atoms with Crippen LogP contribution in [0.15, 0.2) is 112 Å². The van der Waals surface area contributed by atoms with Gasteiger partial charge in [-0.2, -0.15) is 0 Å². The van der Waals surface area contributed by atoms with E-state index in [0.717, 1.165) is 38.7 Å². The first kappa shape index (κ1) is 21.2. The maximum atomic E-state index is 12.8. The SMILES string of the molecule is Cc1ccc(C2=Nc3cc(C(=O)NCCc4ccccc4)ccc3Sc3ccccc32)cc1. The molecular formula is C29H24N2OS. The average molecular weight is 449 g/mol. The van der Waals surface area contributed by atoms with Crippen LogP contribution < -0.4 is 5.32 Å². The van der Waals surface area contributed by atoms with Crippen LogP contribution in [0, 0.1) is 6.92 Å². The van der Waals surface area contributed by atoms with Crippen molar-refractivity contribution in [3.63, 3.8) is 0 Å². The molecule has 0 aliphatic carbocycles. The van der Waals surface area contributed by atoms with Gasteiger partial charge in [-0.05, 0) is 43.2 Å².